The summed E-state index contributed by atoms with van der Waals surface area (Å²) in [6.45, 7) is 1.85. The van der Waals surface area contributed by atoms with Crippen molar-refractivity contribution in [1.82, 2.24) is 5.32 Å². The molecular formula is C16H17ClFNO3. The fraction of sp³-hybridized carbons (Fsp3) is 0.312. The van der Waals surface area contributed by atoms with Crippen molar-refractivity contribution in [2.45, 2.75) is 25.9 Å². The number of hydrogen-bond acceptors (Lipinski definition) is 3. The Labute approximate surface area is 132 Å². The summed E-state index contributed by atoms with van der Waals surface area (Å²) in [5.74, 6) is 0.740. The summed E-state index contributed by atoms with van der Waals surface area (Å²) in [5.41, 5.74) is 0.365. The maximum Gasteiger partial charge on any atom is 0.220 e. The van der Waals surface area contributed by atoms with Crippen molar-refractivity contribution in [3.8, 4) is 0 Å². The van der Waals surface area contributed by atoms with E-state index in [9.17, 15) is 14.3 Å². The molecule has 2 N–H and O–H groups in total. The molecule has 2 rings (SSSR count). The van der Waals surface area contributed by atoms with Crippen LogP contribution in [-0.4, -0.2) is 17.6 Å². The molecule has 0 saturated carbocycles. The van der Waals surface area contributed by atoms with Crippen LogP contribution in [0.1, 0.15) is 29.6 Å². The van der Waals surface area contributed by atoms with Crippen molar-refractivity contribution in [2.75, 3.05) is 6.54 Å². The Balaban J connectivity index is 1.78. The first-order valence-corrected chi connectivity index (χ1v) is 7.28. The highest BCUT2D eigenvalue weighted by Gasteiger charge is 2.12. The number of benzene rings is 1. The van der Waals surface area contributed by atoms with Crippen molar-refractivity contribution in [3.05, 3.63) is 58.3 Å². The van der Waals surface area contributed by atoms with E-state index in [-0.39, 0.29) is 23.9 Å². The predicted octanol–water partition coefficient (Wildman–Crippen LogP) is 3.16. The van der Waals surface area contributed by atoms with Gasteiger partial charge in [0.2, 0.25) is 5.91 Å². The predicted molar refractivity (Wildman–Crippen MR) is 81.1 cm³/mol. The maximum absolute atomic E-state index is 13.3. The maximum atomic E-state index is 13.3. The third-order valence-corrected chi connectivity index (χ3v) is 3.52. The number of furan rings is 1. The largest absolute Gasteiger partial charge is 0.466 e. The zero-order valence-electron chi connectivity index (χ0n) is 12.1. The lowest BCUT2D eigenvalue weighted by atomic mass is 10.1. The zero-order chi connectivity index (χ0) is 16.1. The van der Waals surface area contributed by atoms with Crippen LogP contribution in [0.5, 0.6) is 0 Å². The molecule has 22 heavy (non-hydrogen) atoms. The van der Waals surface area contributed by atoms with Gasteiger partial charge in [-0.25, -0.2) is 4.39 Å². The van der Waals surface area contributed by atoms with E-state index in [0.717, 1.165) is 17.6 Å². The Morgan fingerprint density at radius 3 is 2.82 bits per heavy atom. The van der Waals surface area contributed by atoms with Gasteiger partial charge in [-0.1, -0.05) is 17.7 Å². The molecule has 118 valence electrons. The summed E-state index contributed by atoms with van der Waals surface area (Å²) < 4.78 is 18.7. The second-order valence-corrected chi connectivity index (χ2v) is 5.41. The van der Waals surface area contributed by atoms with Gasteiger partial charge in [-0.2, -0.15) is 0 Å². The summed E-state index contributed by atoms with van der Waals surface area (Å²) in [4.78, 5) is 11.7. The number of nitrogens with one attached hydrogen (secondary N) is 1. The summed E-state index contributed by atoms with van der Waals surface area (Å²) in [6, 6.07) is 7.72. The van der Waals surface area contributed by atoms with E-state index in [2.05, 4.69) is 5.32 Å². The first kappa shape index (κ1) is 16.5. The highest BCUT2D eigenvalue weighted by atomic mass is 35.5. The molecule has 1 heterocycles. The Morgan fingerprint density at radius 1 is 1.41 bits per heavy atom. The van der Waals surface area contributed by atoms with Gasteiger partial charge in [-0.15, -0.1) is 0 Å². The summed E-state index contributed by atoms with van der Waals surface area (Å²) in [6.07, 6.45) is -0.235. The van der Waals surface area contributed by atoms with Gasteiger partial charge in [0.1, 0.15) is 17.3 Å². The van der Waals surface area contributed by atoms with Crippen LogP contribution in [-0.2, 0) is 11.2 Å². The minimum atomic E-state index is -0.985. The van der Waals surface area contributed by atoms with E-state index in [1.54, 1.807) is 0 Å². The van der Waals surface area contributed by atoms with Gasteiger partial charge in [-0.05, 0) is 36.8 Å². The van der Waals surface area contributed by atoms with Crippen molar-refractivity contribution < 1.29 is 18.7 Å². The highest BCUT2D eigenvalue weighted by Crippen LogP contribution is 2.19. The standard InChI is InChI=1S/C16H17ClFNO3/c1-10-2-4-12(22-10)5-7-16(21)19-9-15(20)11-3-6-13(17)14(18)8-11/h2-4,6,8,15,20H,5,7,9H2,1H3,(H,19,21). The van der Waals surface area contributed by atoms with Crippen LogP contribution < -0.4 is 5.32 Å². The number of aliphatic hydroxyl groups is 1. The van der Waals surface area contributed by atoms with Crippen LogP contribution >= 0.6 is 11.6 Å². The molecule has 0 fully saturated rings. The molecule has 0 saturated heterocycles. The lowest BCUT2D eigenvalue weighted by Crippen LogP contribution is -2.28. The number of carbonyl (C=O) groups excluding carboxylic acids is 1. The van der Waals surface area contributed by atoms with Gasteiger partial charge in [0, 0.05) is 19.4 Å². The van der Waals surface area contributed by atoms with Crippen LogP contribution in [0.3, 0.4) is 0 Å². The van der Waals surface area contributed by atoms with E-state index in [4.69, 9.17) is 16.0 Å². The fourth-order valence-corrected chi connectivity index (χ4v) is 2.11. The molecule has 0 aliphatic heterocycles. The van der Waals surface area contributed by atoms with E-state index in [0.29, 0.717) is 12.0 Å². The quantitative estimate of drug-likeness (QED) is 0.857. The second kappa shape index (κ2) is 7.42. The van der Waals surface area contributed by atoms with E-state index in [1.165, 1.54) is 12.1 Å². The third kappa shape index (κ3) is 4.58. The van der Waals surface area contributed by atoms with E-state index in [1.807, 2.05) is 19.1 Å². The van der Waals surface area contributed by atoms with Crippen LogP contribution in [0.2, 0.25) is 5.02 Å². The molecule has 1 atom stereocenters. The summed E-state index contributed by atoms with van der Waals surface area (Å²) in [5, 5.41) is 12.5. The molecule has 1 amide bonds. The molecular weight excluding hydrogens is 309 g/mol. The first-order valence-electron chi connectivity index (χ1n) is 6.90. The molecule has 1 unspecified atom stereocenters. The molecule has 0 spiro atoms. The fourth-order valence-electron chi connectivity index (χ4n) is 1.99. The number of aryl methyl sites for hydroxylation is 2. The van der Waals surface area contributed by atoms with Gasteiger partial charge in [0.25, 0.3) is 0 Å². The highest BCUT2D eigenvalue weighted by molar-refractivity contribution is 6.30. The Kier molecular flexibility index (Phi) is 5.57. The molecule has 6 heteroatoms. The van der Waals surface area contributed by atoms with Gasteiger partial charge in [0.05, 0.1) is 11.1 Å². The van der Waals surface area contributed by atoms with E-state index < -0.39 is 11.9 Å². The zero-order valence-corrected chi connectivity index (χ0v) is 12.9. The van der Waals surface area contributed by atoms with Crippen LogP contribution in [0.4, 0.5) is 4.39 Å². The average Bonchev–Trinajstić information content (AvgIpc) is 2.91. The minimum absolute atomic E-state index is 0.00581. The van der Waals surface area contributed by atoms with Crippen molar-refractivity contribution >= 4 is 17.5 Å². The smallest absolute Gasteiger partial charge is 0.220 e. The second-order valence-electron chi connectivity index (χ2n) is 5.01. The molecule has 0 aliphatic carbocycles. The number of rotatable bonds is 6. The normalized spacial score (nSPS) is 12.2. The molecule has 4 nitrogen and oxygen atoms in total. The SMILES string of the molecule is Cc1ccc(CCC(=O)NCC(O)c2ccc(Cl)c(F)c2)o1. The molecule has 0 radical (unpaired) electrons. The van der Waals surface area contributed by atoms with Crippen molar-refractivity contribution in [1.29, 1.82) is 0 Å². The van der Waals surface area contributed by atoms with Gasteiger partial charge in [-0.3, -0.25) is 4.79 Å². The number of amides is 1. The van der Waals surface area contributed by atoms with Gasteiger partial charge >= 0.3 is 0 Å². The average molecular weight is 326 g/mol. The minimum Gasteiger partial charge on any atom is -0.466 e. The number of hydrogen-bond donors (Lipinski definition) is 2. The first-order chi connectivity index (χ1) is 10.5. The Bertz CT molecular complexity index is 657. The lowest BCUT2D eigenvalue weighted by molar-refractivity contribution is -0.121. The van der Waals surface area contributed by atoms with Gasteiger partial charge < -0.3 is 14.8 Å². The monoisotopic (exact) mass is 325 g/mol. The number of carbonyl (C=O) groups is 1. The topological polar surface area (TPSA) is 62.5 Å². The Morgan fingerprint density at radius 2 is 2.18 bits per heavy atom. The summed E-state index contributed by atoms with van der Waals surface area (Å²) >= 11 is 5.58. The molecule has 1 aromatic carbocycles. The number of aliphatic hydroxyl groups excluding tert-OH is 1. The van der Waals surface area contributed by atoms with Crippen molar-refractivity contribution in [2.24, 2.45) is 0 Å². The van der Waals surface area contributed by atoms with Gasteiger partial charge in [0.15, 0.2) is 0 Å². The lowest BCUT2D eigenvalue weighted by Gasteiger charge is -2.12. The Hall–Kier alpha value is -1.85. The summed E-state index contributed by atoms with van der Waals surface area (Å²) in [7, 11) is 0. The van der Waals surface area contributed by atoms with Crippen LogP contribution in [0.15, 0.2) is 34.7 Å². The molecule has 0 aliphatic rings. The third-order valence-electron chi connectivity index (χ3n) is 3.22. The van der Waals surface area contributed by atoms with Crippen LogP contribution in [0, 0.1) is 12.7 Å². The molecule has 2 aromatic rings. The number of halogens is 2. The molecule has 0 bridgehead atoms. The molecule has 1 aromatic heterocycles. The van der Waals surface area contributed by atoms with E-state index >= 15 is 0 Å². The van der Waals surface area contributed by atoms with Crippen molar-refractivity contribution in [3.63, 3.8) is 0 Å². The van der Waals surface area contributed by atoms with Crippen LogP contribution in [0.25, 0.3) is 0 Å².